The molecule has 3 rings (SSSR count). The van der Waals surface area contributed by atoms with Crippen LogP contribution in [0.3, 0.4) is 0 Å². The number of esters is 1. The molecule has 0 saturated heterocycles. The lowest BCUT2D eigenvalue weighted by Crippen LogP contribution is -2.50. The van der Waals surface area contributed by atoms with Gasteiger partial charge in [-0.1, -0.05) is 53.7 Å². The van der Waals surface area contributed by atoms with E-state index in [0.717, 1.165) is 37.9 Å². The highest BCUT2D eigenvalue weighted by molar-refractivity contribution is 9.10. The number of rotatable bonds is 11. The first-order valence-corrected chi connectivity index (χ1v) is 16.8. The van der Waals surface area contributed by atoms with Gasteiger partial charge in [0.2, 0.25) is 5.91 Å². The van der Waals surface area contributed by atoms with Crippen LogP contribution >= 0.6 is 15.9 Å². The van der Waals surface area contributed by atoms with Crippen molar-refractivity contribution in [2.75, 3.05) is 11.9 Å². The molecule has 8 heteroatoms. The van der Waals surface area contributed by atoms with Gasteiger partial charge in [0.05, 0.1) is 22.3 Å². The van der Waals surface area contributed by atoms with Crippen molar-refractivity contribution in [3.05, 3.63) is 57.7 Å². The SMILES string of the molecule is CCOC(=O)CC(=O)Nc1ccc(C)c2c1cc(C)n2Cc1ccc(O[Si](C(C)C)(C(C)C)C(C)C)c(Br)c1. The fourth-order valence-corrected chi connectivity index (χ4v) is 11.9. The molecule has 2 aromatic carbocycles. The topological polar surface area (TPSA) is 69.6 Å². The average Bonchev–Trinajstić information content (AvgIpc) is 3.16. The van der Waals surface area contributed by atoms with Crippen molar-refractivity contribution in [3.63, 3.8) is 0 Å². The van der Waals surface area contributed by atoms with E-state index in [4.69, 9.17) is 9.16 Å². The number of carbonyl (C=O) groups excluding carboxylic acids is 2. The summed E-state index contributed by atoms with van der Waals surface area (Å²) in [4.78, 5) is 24.2. The molecular weight excluding hydrogens is 572 g/mol. The molecule has 1 amide bonds. The maximum absolute atomic E-state index is 12.5. The molecule has 0 aliphatic heterocycles. The van der Waals surface area contributed by atoms with Crippen LogP contribution in [0.1, 0.15) is 71.7 Å². The predicted molar refractivity (Wildman–Crippen MR) is 166 cm³/mol. The summed E-state index contributed by atoms with van der Waals surface area (Å²) in [6, 6.07) is 12.4. The number of hydrogen-bond acceptors (Lipinski definition) is 4. The molecule has 0 radical (unpaired) electrons. The van der Waals surface area contributed by atoms with Crippen LogP contribution in [-0.4, -0.2) is 31.4 Å². The van der Waals surface area contributed by atoms with Gasteiger partial charge in [0.15, 0.2) is 0 Å². The number of amides is 1. The molecule has 1 heterocycles. The van der Waals surface area contributed by atoms with Crippen molar-refractivity contribution in [1.29, 1.82) is 0 Å². The Morgan fingerprint density at radius 3 is 2.18 bits per heavy atom. The van der Waals surface area contributed by atoms with Gasteiger partial charge >= 0.3 is 5.97 Å². The molecule has 0 spiro atoms. The molecule has 1 aromatic heterocycles. The smallest absolute Gasteiger partial charge is 0.315 e. The number of anilines is 1. The first-order chi connectivity index (χ1) is 18.3. The summed E-state index contributed by atoms with van der Waals surface area (Å²) in [5.74, 6) is 0.00549. The number of benzene rings is 2. The molecule has 1 N–H and O–H groups in total. The second-order valence-electron chi connectivity index (χ2n) is 11.3. The molecule has 0 saturated carbocycles. The summed E-state index contributed by atoms with van der Waals surface area (Å²) in [6.07, 6.45) is -0.306. The zero-order valence-corrected chi connectivity index (χ0v) is 27.4. The summed E-state index contributed by atoms with van der Waals surface area (Å²) in [6.45, 7) is 20.6. The second kappa shape index (κ2) is 12.7. The Hall–Kier alpha value is -2.58. The van der Waals surface area contributed by atoms with Crippen LogP contribution in [0.4, 0.5) is 5.69 Å². The van der Waals surface area contributed by atoms with Crippen molar-refractivity contribution < 1.29 is 18.8 Å². The van der Waals surface area contributed by atoms with Gasteiger partial charge in [-0.05, 0) is 88.7 Å². The molecular formula is C31H43BrN2O4Si. The molecule has 6 nitrogen and oxygen atoms in total. The lowest BCUT2D eigenvalue weighted by Gasteiger charge is -2.42. The van der Waals surface area contributed by atoms with Crippen molar-refractivity contribution in [2.24, 2.45) is 0 Å². The van der Waals surface area contributed by atoms with Gasteiger partial charge in [0, 0.05) is 17.6 Å². The van der Waals surface area contributed by atoms with Gasteiger partial charge < -0.3 is 19.0 Å². The highest BCUT2D eigenvalue weighted by Gasteiger charge is 2.47. The van der Waals surface area contributed by atoms with Crippen LogP contribution in [0.2, 0.25) is 16.6 Å². The van der Waals surface area contributed by atoms with Crippen LogP contribution in [0.15, 0.2) is 40.9 Å². The zero-order valence-electron chi connectivity index (χ0n) is 24.8. The van der Waals surface area contributed by atoms with Gasteiger partial charge in [0.1, 0.15) is 12.2 Å². The van der Waals surface area contributed by atoms with Crippen molar-refractivity contribution in [1.82, 2.24) is 4.57 Å². The summed E-state index contributed by atoms with van der Waals surface area (Å²) < 4.78 is 15.1. The predicted octanol–water partition coefficient (Wildman–Crippen LogP) is 8.51. The number of nitrogens with zero attached hydrogens (tertiary/aromatic N) is 1. The minimum absolute atomic E-state index is 0.252. The lowest BCUT2D eigenvalue weighted by molar-refractivity contribution is -0.145. The first kappa shape index (κ1) is 31.0. The van der Waals surface area contributed by atoms with Crippen LogP contribution in [0.5, 0.6) is 5.75 Å². The van der Waals surface area contributed by atoms with Gasteiger partial charge in [-0.25, -0.2) is 0 Å². The normalized spacial score (nSPS) is 12.0. The maximum atomic E-state index is 12.5. The minimum Gasteiger partial charge on any atom is -0.542 e. The second-order valence-corrected chi connectivity index (χ2v) is 17.5. The lowest BCUT2D eigenvalue weighted by atomic mass is 10.1. The van der Waals surface area contributed by atoms with E-state index in [1.165, 1.54) is 0 Å². The molecule has 3 aromatic rings. The van der Waals surface area contributed by atoms with Crippen LogP contribution in [0, 0.1) is 13.8 Å². The largest absolute Gasteiger partial charge is 0.542 e. The average molecular weight is 616 g/mol. The fourth-order valence-electron chi connectivity index (χ4n) is 5.99. The zero-order chi connectivity index (χ0) is 29.1. The number of aryl methyl sites for hydroxylation is 2. The number of aromatic nitrogens is 1. The number of fused-ring (bicyclic) bond motifs is 1. The van der Waals surface area contributed by atoms with E-state index in [1.807, 2.05) is 12.1 Å². The standard InChI is InChI=1S/C31H43BrN2O4Si/c1-10-37-30(36)17-29(35)33-27-13-11-22(8)31-25(27)15-23(9)34(31)18-24-12-14-28(26(32)16-24)38-39(19(2)3,20(4)5)21(6)7/h11-16,19-21H,10,17-18H2,1-9H3,(H,33,35). The highest BCUT2D eigenvalue weighted by atomic mass is 79.9. The first-order valence-electron chi connectivity index (χ1n) is 13.8. The Balaban J connectivity index is 1.91. The Bertz CT molecular complexity index is 1320. The Morgan fingerprint density at radius 1 is 0.974 bits per heavy atom. The number of nitrogens with one attached hydrogen (secondary N) is 1. The van der Waals surface area contributed by atoms with E-state index >= 15 is 0 Å². The molecule has 212 valence electrons. The summed E-state index contributed by atoms with van der Waals surface area (Å²) in [5, 5.41) is 3.85. The summed E-state index contributed by atoms with van der Waals surface area (Å²) in [5.41, 5.74) is 6.58. The molecule has 0 bridgehead atoms. The molecule has 39 heavy (non-hydrogen) atoms. The van der Waals surface area contributed by atoms with E-state index in [0.29, 0.717) is 28.9 Å². The molecule has 0 unspecified atom stereocenters. The molecule has 0 atom stereocenters. The third-order valence-corrected chi connectivity index (χ3v) is 14.3. The maximum Gasteiger partial charge on any atom is 0.315 e. The van der Waals surface area contributed by atoms with E-state index < -0.39 is 14.3 Å². The molecule has 0 aliphatic rings. The summed E-state index contributed by atoms with van der Waals surface area (Å²) in [7, 11) is -2.07. The van der Waals surface area contributed by atoms with E-state index in [-0.39, 0.29) is 18.9 Å². The van der Waals surface area contributed by atoms with Crippen LogP contribution < -0.4 is 9.74 Å². The number of halogens is 1. The van der Waals surface area contributed by atoms with Crippen LogP contribution in [-0.2, 0) is 20.9 Å². The van der Waals surface area contributed by atoms with Gasteiger partial charge in [0.25, 0.3) is 8.32 Å². The number of ether oxygens (including phenoxy) is 1. The van der Waals surface area contributed by atoms with Crippen LogP contribution in [0.25, 0.3) is 10.9 Å². The Kier molecular flexibility index (Phi) is 10.1. The van der Waals surface area contributed by atoms with Gasteiger partial charge in [-0.15, -0.1) is 0 Å². The van der Waals surface area contributed by atoms with Crippen molar-refractivity contribution in [2.45, 2.75) is 91.9 Å². The van der Waals surface area contributed by atoms with E-state index in [1.54, 1.807) is 6.92 Å². The Labute approximate surface area is 242 Å². The van der Waals surface area contributed by atoms with E-state index in [2.05, 4.69) is 105 Å². The quantitative estimate of drug-likeness (QED) is 0.133. The fraction of sp³-hybridized carbons (Fsp3) is 0.484. The third kappa shape index (κ3) is 6.60. The number of hydrogen-bond donors (Lipinski definition) is 1. The minimum atomic E-state index is -2.07. The van der Waals surface area contributed by atoms with Gasteiger partial charge in [-0.3, -0.25) is 9.59 Å². The summed E-state index contributed by atoms with van der Waals surface area (Å²) >= 11 is 3.81. The van der Waals surface area contributed by atoms with Crippen molar-refractivity contribution in [3.8, 4) is 5.75 Å². The molecule has 0 fully saturated rings. The highest BCUT2D eigenvalue weighted by Crippen LogP contribution is 2.44. The third-order valence-electron chi connectivity index (χ3n) is 7.68. The Morgan fingerprint density at radius 2 is 1.62 bits per heavy atom. The van der Waals surface area contributed by atoms with Gasteiger partial charge in [-0.2, -0.15) is 0 Å². The molecule has 0 aliphatic carbocycles. The number of carbonyl (C=O) groups is 2. The van der Waals surface area contributed by atoms with Crippen molar-refractivity contribution >= 4 is 52.7 Å². The monoisotopic (exact) mass is 614 g/mol. The van der Waals surface area contributed by atoms with E-state index in [9.17, 15) is 9.59 Å².